The molecule has 2 amide bonds. The third kappa shape index (κ3) is 4.70. The van der Waals surface area contributed by atoms with Crippen molar-refractivity contribution in [2.24, 2.45) is 0 Å². The normalized spacial score (nSPS) is 17.2. The number of nitrogens with zero attached hydrogens (tertiary/aromatic N) is 3. The number of cyclic esters (lactones) is 1. The fraction of sp³-hybridized carbons (Fsp3) is 0.333. The van der Waals surface area contributed by atoms with Crippen LogP contribution in [0.2, 0.25) is 0 Å². The lowest BCUT2D eigenvalue weighted by molar-refractivity contribution is -0.274. The summed E-state index contributed by atoms with van der Waals surface area (Å²) in [4.78, 5) is 28.9. The Kier molecular flexibility index (Phi) is 6.02. The molecule has 1 fully saturated rings. The minimum absolute atomic E-state index is 0.199. The number of halogens is 3. The molecule has 2 N–H and O–H groups in total. The molecular formula is C24H22F3N5O4. The predicted molar refractivity (Wildman–Crippen MR) is 122 cm³/mol. The van der Waals surface area contributed by atoms with Crippen LogP contribution in [0.1, 0.15) is 24.5 Å². The highest BCUT2D eigenvalue weighted by molar-refractivity contribution is 5.91. The van der Waals surface area contributed by atoms with Crippen LogP contribution in [0, 0.1) is 0 Å². The molecule has 3 heterocycles. The molecule has 36 heavy (non-hydrogen) atoms. The summed E-state index contributed by atoms with van der Waals surface area (Å²) in [5.74, 6) is -0.617. The van der Waals surface area contributed by atoms with Crippen LogP contribution in [-0.2, 0) is 22.4 Å². The van der Waals surface area contributed by atoms with Gasteiger partial charge in [-0.3, -0.25) is 19.8 Å². The molecule has 2 aromatic heterocycles. The molecule has 1 saturated heterocycles. The lowest BCUT2D eigenvalue weighted by Crippen LogP contribution is -2.33. The summed E-state index contributed by atoms with van der Waals surface area (Å²) in [6.45, 7) is 1.94. The maximum Gasteiger partial charge on any atom is 0.573 e. The van der Waals surface area contributed by atoms with E-state index in [2.05, 4.69) is 25.2 Å². The number of anilines is 1. The topological polar surface area (TPSA) is 109 Å². The summed E-state index contributed by atoms with van der Waals surface area (Å²) in [6.07, 6.45) is -1.36. The molecule has 188 valence electrons. The van der Waals surface area contributed by atoms with Crippen LogP contribution in [0.3, 0.4) is 0 Å². The molecule has 3 aromatic rings. The number of hydrogen-bond acceptors (Lipinski definition) is 6. The number of ether oxygens (including phenoxy) is 2. The van der Waals surface area contributed by atoms with E-state index in [4.69, 9.17) is 4.74 Å². The Morgan fingerprint density at radius 1 is 1.28 bits per heavy atom. The first-order valence-corrected chi connectivity index (χ1v) is 11.3. The van der Waals surface area contributed by atoms with E-state index in [-0.39, 0.29) is 18.0 Å². The number of benzene rings is 1. The molecule has 1 aromatic carbocycles. The van der Waals surface area contributed by atoms with Crippen molar-refractivity contribution < 1.29 is 32.2 Å². The van der Waals surface area contributed by atoms with E-state index in [1.54, 1.807) is 6.07 Å². The molecule has 1 aliphatic heterocycles. The van der Waals surface area contributed by atoms with Crippen LogP contribution in [0.5, 0.6) is 5.75 Å². The van der Waals surface area contributed by atoms with E-state index in [1.807, 2.05) is 12.1 Å². The standard InChI is InChI=1S/C24H22F3N5O4/c1-13(33)29-10-16-12-32(23(34)35-16)15-5-6-17-14(9-15)3-2-4-19-21(17)30-31-22(19)18-7-8-28-11-20(18)36-24(25,26)27/h5-9,11,16H,2-4,10,12H2,1H3,(H,29,33)(H,30,31). The van der Waals surface area contributed by atoms with Crippen molar-refractivity contribution >= 4 is 17.7 Å². The van der Waals surface area contributed by atoms with E-state index in [1.165, 1.54) is 24.1 Å². The van der Waals surface area contributed by atoms with Crippen molar-refractivity contribution in [1.29, 1.82) is 0 Å². The van der Waals surface area contributed by atoms with Gasteiger partial charge in [0.25, 0.3) is 0 Å². The van der Waals surface area contributed by atoms with Gasteiger partial charge in [-0.2, -0.15) is 5.10 Å². The van der Waals surface area contributed by atoms with Crippen LogP contribution in [0.25, 0.3) is 22.5 Å². The van der Waals surface area contributed by atoms with Crippen molar-refractivity contribution in [2.45, 2.75) is 38.7 Å². The molecule has 12 heteroatoms. The van der Waals surface area contributed by atoms with Gasteiger partial charge in [-0.05, 0) is 43.0 Å². The molecule has 2 aliphatic rings. The maximum absolute atomic E-state index is 12.9. The fourth-order valence-corrected chi connectivity index (χ4v) is 4.59. The number of H-pyrrole nitrogens is 1. The molecule has 1 aliphatic carbocycles. The number of aromatic nitrogens is 3. The SMILES string of the molecule is CC(=O)NCC1CN(c2ccc3c(c2)CCCc2c(-c4ccncc4OC(F)(F)F)n[nH]c2-3)C(=O)O1. The van der Waals surface area contributed by atoms with Crippen LogP contribution in [0.4, 0.5) is 23.7 Å². The second-order valence-electron chi connectivity index (χ2n) is 8.59. The lowest BCUT2D eigenvalue weighted by Gasteiger charge is -2.16. The molecule has 0 radical (unpaired) electrons. The second kappa shape index (κ2) is 9.17. The fourth-order valence-electron chi connectivity index (χ4n) is 4.59. The number of aromatic amines is 1. The number of aryl methyl sites for hydroxylation is 1. The first kappa shape index (κ1) is 23.6. The van der Waals surface area contributed by atoms with Gasteiger partial charge < -0.3 is 14.8 Å². The van der Waals surface area contributed by atoms with Crippen LogP contribution >= 0.6 is 0 Å². The van der Waals surface area contributed by atoms with Gasteiger partial charge in [0.2, 0.25) is 5.91 Å². The summed E-state index contributed by atoms with van der Waals surface area (Å²) < 4.78 is 48.3. The Morgan fingerprint density at radius 3 is 2.89 bits per heavy atom. The zero-order valence-electron chi connectivity index (χ0n) is 19.2. The highest BCUT2D eigenvalue weighted by Gasteiger charge is 2.35. The third-order valence-corrected chi connectivity index (χ3v) is 6.13. The van der Waals surface area contributed by atoms with Gasteiger partial charge in [0, 0.05) is 35.5 Å². The van der Waals surface area contributed by atoms with Crippen LogP contribution in [0.15, 0.2) is 36.7 Å². The number of nitrogens with one attached hydrogen (secondary N) is 2. The van der Waals surface area contributed by atoms with Gasteiger partial charge in [-0.1, -0.05) is 6.07 Å². The first-order chi connectivity index (χ1) is 17.2. The number of carbonyl (C=O) groups is 2. The number of amides is 2. The number of alkyl halides is 3. The average Bonchev–Trinajstić information content (AvgIpc) is 3.35. The minimum atomic E-state index is -4.86. The summed E-state index contributed by atoms with van der Waals surface area (Å²) in [5.41, 5.74) is 4.59. The van der Waals surface area contributed by atoms with E-state index < -0.39 is 24.3 Å². The van der Waals surface area contributed by atoms with Gasteiger partial charge in [-0.25, -0.2) is 4.79 Å². The molecule has 0 saturated carbocycles. The Morgan fingerprint density at radius 2 is 2.11 bits per heavy atom. The number of carbonyl (C=O) groups excluding carboxylic acids is 2. The second-order valence-corrected chi connectivity index (χ2v) is 8.59. The lowest BCUT2D eigenvalue weighted by atomic mass is 9.99. The zero-order chi connectivity index (χ0) is 25.4. The largest absolute Gasteiger partial charge is 0.573 e. The van der Waals surface area contributed by atoms with Gasteiger partial charge in [0.05, 0.1) is 30.7 Å². The van der Waals surface area contributed by atoms with E-state index >= 15 is 0 Å². The van der Waals surface area contributed by atoms with Gasteiger partial charge in [-0.15, -0.1) is 13.2 Å². The summed E-state index contributed by atoms with van der Waals surface area (Å²) in [7, 11) is 0. The molecule has 5 rings (SSSR count). The highest BCUT2D eigenvalue weighted by atomic mass is 19.4. The number of fused-ring (bicyclic) bond motifs is 3. The van der Waals surface area contributed by atoms with E-state index in [0.29, 0.717) is 36.5 Å². The maximum atomic E-state index is 12.9. The molecular weight excluding hydrogens is 479 g/mol. The van der Waals surface area contributed by atoms with Crippen LogP contribution in [-0.4, -0.2) is 52.7 Å². The minimum Gasteiger partial charge on any atom is -0.442 e. The molecule has 9 nitrogen and oxygen atoms in total. The Labute approximate surface area is 203 Å². The average molecular weight is 501 g/mol. The van der Waals surface area contributed by atoms with Crippen molar-refractivity contribution in [3.05, 3.63) is 47.8 Å². The van der Waals surface area contributed by atoms with Crippen molar-refractivity contribution in [2.75, 3.05) is 18.0 Å². The summed E-state index contributed by atoms with van der Waals surface area (Å²) >= 11 is 0. The quantitative estimate of drug-likeness (QED) is 0.547. The first-order valence-electron chi connectivity index (χ1n) is 11.3. The van der Waals surface area contributed by atoms with Gasteiger partial charge >= 0.3 is 12.5 Å². The third-order valence-electron chi connectivity index (χ3n) is 6.13. The molecule has 1 unspecified atom stereocenters. The summed E-state index contributed by atoms with van der Waals surface area (Å²) in [6, 6.07) is 7.02. The van der Waals surface area contributed by atoms with Crippen molar-refractivity contribution in [3.63, 3.8) is 0 Å². The van der Waals surface area contributed by atoms with E-state index in [9.17, 15) is 22.8 Å². The Hall–Kier alpha value is -4.09. The Bertz CT molecular complexity index is 1320. The Balaban J connectivity index is 1.45. The van der Waals surface area contributed by atoms with Crippen molar-refractivity contribution in [3.8, 4) is 28.3 Å². The number of hydrogen-bond donors (Lipinski definition) is 2. The van der Waals surface area contributed by atoms with E-state index in [0.717, 1.165) is 29.3 Å². The van der Waals surface area contributed by atoms with Crippen LogP contribution < -0.4 is 15.0 Å². The molecule has 0 bridgehead atoms. The highest BCUT2D eigenvalue weighted by Crippen LogP contribution is 2.41. The van der Waals surface area contributed by atoms with Crippen molar-refractivity contribution in [1.82, 2.24) is 20.5 Å². The predicted octanol–water partition coefficient (Wildman–Crippen LogP) is 3.99. The molecule has 1 atom stereocenters. The van der Waals surface area contributed by atoms with Gasteiger partial charge in [0.15, 0.2) is 5.75 Å². The number of pyridine rings is 1. The smallest absolute Gasteiger partial charge is 0.442 e. The van der Waals surface area contributed by atoms with Gasteiger partial charge in [0.1, 0.15) is 6.10 Å². The monoisotopic (exact) mass is 501 g/mol. The summed E-state index contributed by atoms with van der Waals surface area (Å²) in [5, 5.41) is 9.98. The number of rotatable bonds is 5. The molecule has 0 spiro atoms. The zero-order valence-corrected chi connectivity index (χ0v) is 19.2.